The Morgan fingerprint density at radius 2 is 2.20 bits per heavy atom. The van der Waals surface area contributed by atoms with Crippen LogP contribution >= 0.6 is 23.5 Å². The molecule has 0 spiro atoms. The molecular weight excluding hydrogens is 224 g/mol. The minimum atomic E-state index is 0.420. The first-order valence-electron chi connectivity index (χ1n) is 4.92. The minimum Gasteiger partial charge on any atom is -0.379 e. The number of thioether (sulfide) groups is 2. The normalized spacial score (nSPS) is 20.3. The highest BCUT2D eigenvalue weighted by atomic mass is 32.2. The van der Waals surface area contributed by atoms with E-state index in [2.05, 4.69) is 29.3 Å². The second kappa shape index (κ2) is 5.47. The Bertz CT molecular complexity index is 338. The molecule has 1 atom stereocenters. The van der Waals surface area contributed by atoms with Gasteiger partial charge in [-0.15, -0.1) is 0 Å². The molecule has 15 heavy (non-hydrogen) atoms. The second-order valence-electron chi connectivity index (χ2n) is 3.43. The third-order valence-corrected chi connectivity index (χ3v) is 4.27. The number of amidine groups is 1. The molecule has 80 valence electrons. The van der Waals surface area contributed by atoms with Crippen LogP contribution < -0.4 is 5.73 Å². The van der Waals surface area contributed by atoms with Gasteiger partial charge in [-0.2, -0.15) is 11.8 Å². The lowest BCUT2D eigenvalue weighted by atomic mass is 10.2. The monoisotopic (exact) mass is 238 g/mol. The van der Waals surface area contributed by atoms with E-state index in [9.17, 15) is 0 Å². The van der Waals surface area contributed by atoms with Gasteiger partial charge in [0, 0.05) is 17.3 Å². The average molecular weight is 238 g/mol. The molecule has 0 fully saturated rings. The fourth-order valence-corrected chi connectivity index (χ4v) is 3.35. The summed E-state index contributed by atoms with van der Waals surface area (Å²) in [6.07, 6.45) is 0. The van der Waals surface area contributed by atoms with Gasteiger partial charge in [-0.25, -0.2) is 0 Å². The predicted molar refractivity (Wildman–Crippen MR) is 70.5 cm³/mol. The lowest BCUT2D eigenvalue weighted by Crippen LogP contribution is -2.07. The van der Waals surface area contributed by atoms with Crippen molar-refractivity contribution in [1.29, 1.82) is 0 Å². The summed E-state index contributed by atoms with van der Waals surface area (Å²) in [6.45, 7) is 0. The Morgan fingerprint density at radius 1 is 1.40 bits per heavy atom. The van der Waals surface area contributed by atoms with E-state index in [1.165, 1.54) is 5.56 Å². The molecule has 0 bridgehead atoms. The third-order valence-electron chi connectivity index (χ3n) is 2.16. The summed E-state index contributed by atoms with van der Waals surface area (Å²) >= 11 is 3.60. The zero-order chi connectivity index (χ0) is 10.5. The molecule has 1 aliphatic heterocycles. The van der Waals surface area contributed by atoms with E-state index < -0.39 is 0 Å². The number of hydrogen-bond acceptors (Lipinski definition) is 4. The van der Waals surface area contributed by atoms with Crippen LogP contribution in [0.2, 0.25) is 0 Å². The van der Waals surface area contributed by atoms with Crippen molar-refractivity contribution in [3.05, 3.63) is 35.9 Å². The molecule has 1 aromatic rings. The van der Waals surface area contributed by atoms with Crippen LogP contribution in [-0.4, -0.2) is 22.7 Å². The Morgan fingerprint density at radius 3 is 2.87 bits per heavy atom. The maximum Gasteiger partial charge on any atom is 0.154 e. The summed E-state index contributed by atoms with van der Waals surface area (Å²) in [5.74, 6) is 3.19. The van der Waals surface area contributed by atoms with Crippen LogP contribution in [0.25, 0.3) is 0 Å². The summed E-state index contributed by atoms with van der Waals surface area (Å²) in [5.41, 5.74) is 6.99. The fourth-order valence-electron chi connectivity index (χ4n) is 1.41. The van der Waals surface area contributed by atoms with Crippen molar-refractivity contribution in [2.75, 3.05) is 11.5 Å². The second-order valence-corrected chi connectivity index (χ2v) is 5.50. The molecular formula is C11H14N2S2. The van der Waals surface area contributed by atoms with E-state index in [-0.39, 0.29) is 0 Å². The van der Waals surface area contributed by atoms with Gasteiger partial charge in [-0.1, -0.05) is 42.1 Å². The minimum absolute atomic E-state index is 0.420. The zero-order valence-electron chi connectivity index (χ0n) is 8.43. The summed E-state index contributed by atoms with van der Waals surface area (Å²) < 4.78 is 0. The van der Waals surface area contributed by atoms with Crippen LogP contribution in [0.3, 0.4) is 0 Å². The lowest BCUT2D eigenvalue weighted by molar-refractivity contribution is 0.877. The van der Waals surface area contributed by atoms with Crippen molar-refractivity contribution in [3.63, 3.8) is 0 Å². The van der Waals surface area contributed by atoms with Gasteiger partial charge in [0.1, 0.15) is 0 Å². The number of nitrogens with zero attached hydrogens (tertiary/aromatic N) is 1. The standard InChI is InChI=1S/C11H14N2S2/c12-11-13-10(8-15-11)7-14-6-9-4-2-1-3-5-9/h1-5,10H,6-8H2,(H2,12,13)/t10-/m0/s1. The molecule has 1 aliphatic rings. The molecule has 0 radical (unpaired) electrons. The van der Waals surface area contributed by atoms with Crippen molar-refractivity contribution >= 4 is 28.7 Å². The first-order chi connectivity index (χ1) is 7.34. The summed E-state index contributed by atoms with van der Waals surface area (Å²) in [5, 5.41) is 0.750. The highest BCUT2D eigenvalue weighted by molar-refractivity contribution is 8.14. The topological polar surface area (TPSA) is 38.4 Å². The van der Waals surface area contributed by atoms with Crippen molar-refractivity contribution in [3.8, 4) is 0 Å². The van der Waals surface area contributed by atoms with Crippen LogP contribution in [-0.2, 0) is 5.75 Å². The van der Waals surface area contributed by atoms with Crippen LogP contribution in [0.4, 0.5) is 0 Å². The quantitative estimate of drug-likeness (QED) is 0.875. The van der Waals surface area contributed by atoms with Crippen LogP contribution in [0.1, 0.15) is 5.56 Å². The largest absolute Gasteiger partial charge is 0.379 e. The van der Waals surface area contributed by atoms with Crippen molar-refractivity contribution in [2.45, 2.75) is 11.8 Å². The summed E-state index contributed by atoms with van der Waals surface area (Å²) in [4.78, 5) is 4.36. The molecule has 0 saturated heterocycles. The third kappa shape index (κ3) is 3.47. The van der Waals surface area contributed by atoms with E-state index >= 15 is 0 Å². The van der Waals surface area contributed by atoms with Gasteiger partial charge in [0.05, 0.1) is 6.04 Å². The molecule has 0 aliphatic carbocycles. The highest BCUT2D eigenvalue weighted by Crippen LogP contribution is 2.20. The number of hydrogen-bond donors (Lipinski definition) is 1. The molecule has 1 aromatic carbocycles. The number of nitrogens with two attached hydrogens (primary N) is 1. The summed E-state index contributed by atoms with van der Waals surface area (Å²) in [7, 11) is 0. The molecule has 2 nitrogen and oxygen atoms in total. The Kier molecular flexibility index (Phi) is 3.97. The highest BCUT2D eigenvalue weighted by Gasteiger charge is 2.15. The van der Waals surface area contributed by atoms with Gasteiger partial charge in [-0.05, 0) is 5.56 Å². The van der Waals surface area contributed by atoms with Gasteiger partial charge < -0.3 is 5.73 Å². The maximum atomic E-state index is 5.61. The van der Waals surface area contributed by atoms with Crippen LogP contribution in [0, 0.1) is 0 Å². The van der Waals surface area contributed by atoms with E-state index in [0.29, 0.717) is 6.04 Å². The molecule has 0 amide bonds. The van der Waals surface area contributed by atoms with E-state index in [1.54, 1.807) is 11.8 Å². The van der Waals surface area contributed by atoms with E-state index in [4.69, 9.17) is 5.73 Å². The number of rotatable bonds is 4. The van der Waals surface area contributed by atoms with Gasteiger partial charge in [0.2, 0.25) is 0 Å². The Balaban J connectivity index is 1.72. The average Bonchev–Trinajstić information content (AvgIpc) is 2.66. The van der Waals surface area contributed by atoms with Crippen LogP contribution in [0.15, 0.2) is 35.3 Å². The molecule has 1 heterocycles. The van der Waals surface area contributed by atoms with E-state index in [1.807, 2.05) is 17.8 Å². The first kappa shape index (κ1) is 10.9. The lowest BCUT2D eigenvalue weighted by Gasteiger charge is -2.05. The van der Waals surface area contributed by atoms with Crippen molar-refractivity contribution in [1.82, 2.24) is 0 Å². The zero-order valence-corrected chi connectivity index (χ0v) is 10.1. The van der Waals surface area contributed by atoms with Gasteiger partial charge in [0.15, 0.2) is 5.17 Å². The van der Waals surface area contributed by atoms with Crippen molar-refractivity contribution in [2.24, 2.45) is 10.7 Å². The summed E-state index contributed by atoms with van der Waals surface area (Å²) in [6, 6.07) is 11.0. The van der Waals surface area contributed by atoms with Gasteiger partial charge in [-0.3, -0.25) is 4.99 Å². The number of aliphatic imine (C=N–C) groups is 1. The molecule has 2 rings (SSSR count). The molecule has 4 heteroatoms. The van der Waals surface area contributed by atoms with Gasteiger partial charge in [0.25, 0.3) is 0 Å². The van der Waals surface area contributed by atoms with Crippen LogP contribution in [0.5, 0.6) is 0 Å². The molecule has 0 unspecified atom stereocenters. The molecule has 0 aromatic heterocycles. The molecule has 0 saturated carbocycles. The Hall–Kier alpha value is -0.610. The Labute approximate surface area is 98.7 Å². The van der Waals surface area contributed by atoms with Gasteiger partial charge >= 0.3 is 0 Å². The number of benzene rings is 1. The molecule has 2 N–H and O–H groups in total. The predicted octanol–water partition coefficient (Wildman–Crippen LogP) is 2.35. The fraction of sp³-hybridized carbons (Fsp3) is 0.364. The van der Waals surface area contributed by atoms with E-state index in [0.717, 1.165) is 22.4 Å². The smallest absolute Gasteiger partial charge is 0.154 e. The SMILES string of the molecule is NC1=N[C@@H](CSCc2ccccc2)CS1. The van der Waals surface area contributed by atoms with Crippen molar-refractivity contribution < 1.29 is 0 Å². The first-order valence-corrected chi connectivity index (χ1v) is 7.06. The maximum absolute atomic E-state index is 5.61.